The maximum absolute atomic E-state index is 12.2. The van der Waals surface area contributed by atoms with E-state index in [-0.39, 0.29) is 5.91 Å². The summed E-state index contributed by atoms with van der Waals surface area (Å²) in [6.07, 6.45) is 1.94. The highest BCUT2D eigenvalue weighted by Crippen LogP contribution is 2.14. The molecule has 24 heavy (non-hydrogen) atoms. The summed E-state index contributed by atoms with van der Waals surface area (Å²) in [5, 5.41) is 7.09. The molecule has 0 spiro atoms. The third-order valence-electron chi connectivity index (χ3n) is 3.60. The van der Waals surface area contributed by atoms with Crippen molar-refractivity contribution in [2.45, 2.75) is 26.3 Å². The van der Waals surface area contributed by atoms with Gasteiger partial charge < -0.3 is 14.8 Å². The van der Waals surface area contributed by atoms with Crippen molar-refractivity contribution in [2.24, 2.45) is 7.05 Å². The fourth-order valence-electron chi connectivity index (χ4n) is 2.38. The summed E-state index contributed by atoms with van der Waals surface area (Å²) in [6, 6.07) is 9.54. The lowest BCUT2D eigenvalue weighted by Crippen LogP contribution is -2.25. The Bertz CT molecular complexity index is 667. The monoisotopic (exact) mass is 331 g/mol. The standard InChI is InChI=1S/C18H25N3O3/c1-14-11-17(21(2)20-14)18(22)19-13-15-7-6-8-16(12-15)24-10-5-4-9-23-3/h6-8,11-12H,4-5,9-10,13H2,1-3H3,(H,19,22). The molecule has 6 heteroatoms. The number of rotatable bonds is 9. The average Bonchev–Trinajstić information content (AvgIpc) is 2.91. The van der Waals surface area contributed by atoms with Gasteiger partial charge >= 0.3 is 0 Å². The van der Waals surface area contributed by atoms with Crippen LogP contribution in [0.2, 0.25) is 0 Å². The van der Waals surface area contributed by atoms with Gasteiger partial charge in [-0.3, -0.25) is 9.48 Å². The van der Waals surface area contributed by atoms with Crippen LogP contribution < -0.4 is 10.1 Å². The first kappa shape index (κ1) is 18.0. The molecule has 1 amide bonds. The Labute approximate surface area is 142 Å². The molecule has 130 valence electrons. The van der Waals surface area contributed by atoms with E-state index in [0.29, 0.717) is 18.8 Å². The number of carbonyl (C=O) groups is 1. The van der Waals surface area contributed by atoms with Crippen molar-refractivity contribution in [1.82, 2.24) is 15.1 Å². The highest BCUT2D eigenvalue weighted by molar-refractivity contribution is 5.92. The van der Waals surface area contributed by atoms with Crippen molar-refractivity contribution in [3.63, 3.8) is 0 Å². The predicted octanol–water partition coefficient (Wildman–Crippen LogP) is 2.46. The van der Waals surface area contributed by atoms with E-state index in [4.69, 9.17) is 9.47 Å². The number of aromatic nitrogens is 2. The molecule has 0 saturated heterocycles. The van der Waals surface area contributed by atoms with Gasteiger partial charge in [-0.1, -0.05) is 12.1 Å². The molecule has 0 fully saturated rings. The van der Waals surface area contributed by atoms with Gasteiger partial charge in [0.15, 0.2) is 0 Å². The summed E-state index contributed by atoms with van der Waals surface area (Å²) in [5.41, 5.74) is 2.38. The number of amides is 1. The first-order valence-electron chi connectivity index (χ1n) is 8.09. The van der Waals surface area contributed by atoms with Crippen LogP contribution in [0.15, 0.2) is 30.3 Å². The molecule has 0 bridgehead atoms. The lowest BCUT2D eigenvalue weighted by atomic mass is 10.2. The maximum atomic E-state index is 12.2. The number of methoxy groups -OCH3 is 1. The Balaban J connectivity index is 1.83. The van der Waals surface area contributed by atoms with E-state index in [1.165, 1.54) is 0 Å². The predicted molar refractivity (Wildman–Crippen MR) is 92.2 cm³/mol. The zero-order chi connectivity index (χ0) is 17.4. The zero-order valence-electron chi connectivity index (χ0n) is 14.5. The van der Waals surface area contributed by atoms with Gasteiger partial charge in [0, 0.05) is 27.3 Å². The molecule has 0 atom stereocenters. The van der Waals surface area contributed by atoms with E-state index < -0.39 is 0 Å². The lowest BCUT2D eigenvalue weighted by Gasteiger charge is -2.09. The summed E-state index contributed by atoms with van der Waals surface area (Å²) < 4.78 is 12.3. The van der Waals surface area contributed by atoms with Crippen LogP contribution in [-0.4, -0.2) is 36.0 Å². The number of hydrogen-bond donors (Lipinski definition) is 1. The summed E-state index contributed by atoms with van der Waals surface area (Å²) in [7, 11) is 3.46. The van der Waals surface area contributed by atoms with E-state index in [1.807, 2.05) is 31.2 Å². The Kier molecular flexibility index (Phi) is 6.81. The number of hydrogen-bond acceptors (Lipinski definition) is 4. The van der Waals surface area contributed by atoms with Crippen LogP contribution in [-0.2, 0) is 18.3 Å². The number of carbonyl (C=O) groups excluding carboxylic acids is 1. The quantitative estimate of drug-likeness (QED) is 0.717. The second kappa shape index (κ2) is 9.08. The highest BCUT2D eigenvalue weighted by Gasteiger charge is 2.11. The molecule has 1 aromatic heterocycles. The zero-order valence-corrected chi connectivity index (χ0v) is 14.5. The van der Waals surface area contributed by atoms with Gasteiger partial charge in [-0.15, -0.1) is 0 Å². The van der Waals surface area contributed by atoms with Gasteiger partial charge in [0.1, 0.15) is 11.4 Å². The van der Waals surface area contributed by atoms with E-state index in [9.17, 15) is 4.79 Å². The smallest absolute Gasteiger partial charge is 0.269 e. The number of nitrogens with one attached hydrogen (secondary N) is 1. The molecule has 1 heterocycles. The molecular formula is C18H25N3O3. The number of unbranched alkanes of at least 4 members (excludes halogenated alkanes) is 1. The molecule has 2 rings (SSSR count). The number of nitrogens with zero attached hydrogens (tertiary/aromatic N) is 2. The van der Waals surface area contributed by atoms with Crippen LogP contribution >= 0.6 is 0 Å². The van der Waals surface area contributed by atoms with Crippen molar-refractivity contribution in [3.05, 3.63) is 47.3 Å². The highest BCUT2D eigenvalue weighted by atomic mass is 16.5. The Morgan fingerprint density at radius 2 is 2.04 bits per heavy atom. The fraction of sp³-hybridized carbons (Fsp3) is 0.444. The molecule has 0 aliphatic carbocycles. The van der Waals surface area contributed by atoms with Gasteiger partial charge in [0.05, 0.1) is 12.3 Å². The topological polar surface area (TPSA) is 65.4 Å². The van der Waals surface area contributed by atoms with Crippen molar-refractivity contribution in [1.29, 1.82) is 0 Å². The van der Waals surface area contributed by atoms with Gasteiger partial charge in [0.2, 0.25) is 0 Å². The van der Waals surface area contributed by atoms with Gasteiger partial charge in [-0.05, 0) is 43.5 Å². The first-order valence-corrected chi connectivity index (χ1v) is 8.09. The molecule has 6 nitrogen and oxygen atoms in total. The number of benzene rings is 1. The molecule has 0 aliphatic heterocycles. The summed E-state index contributed by atoms with van der Waals surface area (Å²) in [6.45, 7) is 3.73. The van der Waals surface area contributed by atoms with E-state index in [0.717, 1.165) is 36.5 Å². The third-order valence-corrected chi connectivity index (χ3v) is 3.60. The number of aryl methyl sites for hydroxylation is 2. The molecule has 0 aliphatic rings. The molecule has 1 aromatic carbocycles. The first-order chi connectivity index (χ1) is 11.6. The van der Waals surface area contributed by atoms with Gasteiger partial charge in [-0.25, -0.2) is 0 Å². The van der Waals surface area contributed by atoms with Crippen molar-refractivity contribution >= 4 is 5.91 Å². The minimum absolute atomic E-state index is 0.135. The average molecular weight is 331 g/mol. The van der Waals surface area contributed by atoms with Crippen molar-refractivity contribution < 1.29 is 14.3 Å². The third kappa shape index (κ3) is 5.38. The molecule has 0 radical (unpaired) electrons. The Morgan fingerprint density at radius 3 is 2.75 bits per heavy atom. The van der Waals surface area contributed by atoms with Crippen LogP contribution in [0.25, 0.3) is 0 Å². The SMILES string of the molecule is COCCCCOc1cccc(CNC(=O)c2cc(C)nn2C)c1. The van der Waals surface area contributed by atoms with E-state index in [1.54, 1.807) is 24.9 Å². The summed E-state index contributed by atoms with van der Waals surface area (Å²) in [5.74, 6) is 0.680. The minimum atomic E-state index is -0.135. The fourth-order valence-corrected chi connectivity index (χ4v) is 2.38. The van der Waals surface area contributed by atoms with Gasteiger partial charge in [0.25, 0.3) is 5.91 Å². The Morgan fingerprint density at radius 1 is 1.25 bits per heavy atom. The molecule has 2 aromatic rings. The molecule has 0 saturated carbocycles. The molecule has 1 N–H and O–H groups in total. The second-order valence-electron chi connectivity index (χ2n) is 5.67. The maximum Gasteiger partial charge on any atom is 0.269 e. The van der Waals surface area contributed by atoms with Crippen LogP contribution in [0.5, 0.6) is 5.75 Å². The van der Waals surface area contributed by atoms with Crippen LogP contribution in [0.4, 0.5) is 0 Å². The van der Waals surface area contributed by atoms with Crippen molar-refractivity contribution in [3.8, 4) is 5.75 Å². The molecular weight excluding hydrogens is 306 g/mol. The summed E-state index contributed by atoms with van der Waals surface area (Å²) in [4.78, 5) is 12.2. The van der Waals surface area contributed by atoms with Crippen LogP contribution in [0.1, 0.15) is 34.6 Å². The Hall–Kier alpha value is -2.34. The largest absolute Gasteiger partial charge is 0.494 e. The number of ether oxygens (including phenoxy) is 2. The van der Waals surface area contributed by atoms with Crippen molar-refractivity contribution in [2.75, 3.05) is 20.3 Å². The minimum Gasteiger partial charge on any atom is -0.494 e. The van der Waals surface area contributed by atoms with Gasteiger partial charge in [-0.2, -0.15) is 5.10 Å². The molecule has 0 unspecified atom stereocenters. The lowest BCUT2D eigenvalue weighted by molar-refractivity contribution is 0.0941. The van der Waals surface area contributed by atoms with Crippen LogP contribution in [0.3, 0.4) is 0 Å². The normalized spacial score (nSPS) is 10.6. The second-order valence-corrected chi connectivity index (χ2v) is 5.67. The van der Waals surface area contributed by atoms with Crippen LogP contribution in [0, 0.1) is 6.92 Å². The summed E-state index contributed by atoms with van der Waals surface area (Å²) >= 11 is 0. The van der Waals surface area contributed by atoms with E-state index >= 15 is 0 Å². The van der Waals surface area contributed by atoms with E-state index in [2.05, 4.69) is 10.4 Å².